The van der Waals surface area contributed by atoms with Gasteiger partial charge in [0, 0.05) is 5.57 Å². The Balaban J connectivity index is 3.98. The van der Waals surface area contributed by atoms with Crippen LogP contribution in [0.2, 0.25) is 0 Å². The third kappa shape index (κ3) is 6.43. The summed E-state index contributed by atoms with van der Waals surface area (Å²) in [6.07, 6.45) is 6.03. The molecule has 3 heteroatoms. The zero-order valence-corrected chi connectivity index (χ0v) is 9.12. The molecule has 0 bridgehead atoms. The van der Waals surface area contributed by atoms with Gasteiger partial charge in [-0.2, -0.15) is 0 Å². The quantitative estimate of drug-likeness (QED) is 0.493. The first-order valence-electron chi connectivity index (χ1n) is 4.82. The van der Waals surface area contributed by atoms with Crippen molar-refractivity contribution in [1.82, 2.24) is 4.90 Å². The summed E-state index contributed by atoms with van der Waals surface area (Å²) >= 11 is 0. The Morgan fingerprint density at radius 2 is 2.14 bits per heavy atom. The zero-order valence-electron chi connectivity index (χ0n) is 9.12. The summed E-state index contributed by atoms with van der Waals surface area (Å²) in [5, 5.41) is 0. The van der Waals surface area contributed by atoms with Gasteiger partial charge in [0.25, 0.3) is 0 Å². The summed E-state index contributed by atoms with van der Waals surface area (Å²) in [6.45, 7) is 4.57. The number of carbonyl (C=O) groups is 1. The molecule has 0 radical (unpaired) electrons. The van der Waals surface area contributed by atoms with E-state index >= 15 is 0 Å². The van der Waals surface area contributed by atoms with E-state index in [0.717, 1.165) is 19.4 Å². The number of allylic oxidation sites excluding steroid dienone is 2. The number of carbonyl (C=O) groups excluding carboxylic acids is 1. The van der Waals surface area contributed by atoms with E-state index in [1.54, 1.807) is 6.08 Å². The van der Waals surface area contributed by atoms with Crippen LogP contribution in [-0.4, -0.2) is 31.4 Å². The highest BCUT2D eigenvalue weighted by molar-refractivity contribution is 5.91. The van der Waals surface area contributed by atoms with Gasteiger partial charge in [-0.25, -0.2) is 0 Å². The van der Waals surface area contributed by atoms with Crippen molar-refractivity contribution in [3.05, 3.63) is 24.3 Å². The maximum atomic E-state index is 11.0. The number of hydrogen-bond donors (Lipinski definition) is 1. The first-order valence-corrected chi connectivity index (χ1v) is 4.82. The van der Waals surface area contributed by atoms with Gasteiger partial charge in [0.1, 0.15) is 0 Å². The van der Waals surface area contributed by atoms with Crippen molar-refractivity contribution < 1.29 is 4.79 Å². The molecule has 1 amide bonds. The molecular formula is C11H20N2O. The highest BCUT2D eigenvalue weighted by atomic mass is 16.1. The molecule has 0 atom stereocenters. The van der Waals surface area contributed by atoms with Gasteiger partial charge >= 0.3 is 0 Å². The second-order valence-electron chi connectivity index (χ2n) is 3.52. The Hall–Kier alpha value is -1.09. The van der Waals surface area contributed by atoms with Gasteiger partial charge in [0.15, 0.2) is 0 Å². The molecule has 0 aliphatic heterocycles. The molecule has 0 aromatic rings. The van der Waals surface area contributed by atoms with E-state index in [9.17, 15) is 4.79 Å². The highest BCUT2D eigenvalue weighted by Crippen LogP contribution is 2.06. The van der Waals surface area contributed by atoms with Crippen LogP contribution in [0.15, 0.2) is 24.3 Å². The molecule has 0 aromatic heterocycles. The fraction of sp³-hybridized carbons (Fsp3) is 0.545. The molecule has 80 valence electrons. The third-order valence-electron chi connectivity index (χ3n) is 1.90. The summed E-state index contributed by atoms with van der Waals surface area (Å²) < 4.78 is 0. The van der Waals surface area contributed by atoms with Crippen LogP contribution in [0, 0.1) is 0 Å². The van der Waals surface area contributed by atoms with E-state index in [0.29, 0.717) is 12.0 Å². The Morgan fingerprint density at radius 3 is 2.57 bits per heavy atom. The van der Waals surface area contributed by atoms with E-state index < -0.39 is 0 Å². The van der Waals surface area contributed by atoms with Gasteiger partial charge in [0.05, 0.1) is 0 Å². The van der Waals surface area contributed by atoms with Crippen LogP contribution < -0.4 is 5.73 Å². The molecule has 0 saturated heterocycles. The minimum atomic E-state index is -0.314. The van der Waals surface area contributed by atoms with E-state index in [-0.39, 0.29) is 5.91 Å². The predicted octanol–water partition coefficient (Wildman–Crippen LogP) is 1.32. The van der Waals surface area contributed by atoms with Crippen molar-refractivity contribution >= 4 is 5.91 Å². The number of nitrogens with two attached hydrogens (primary N) is 1. The summed E-state index contributed by atoms with van der Waals surface area (Å²) in [5.41, 5.74) is 5.95. The maximum absolute atomic E-state index is 11.0. The van der Waals surface area contributed by atoms with Gasteiger partial charge in [-0.1, -0.05) is 12.2 Å². The summed E-state index contributed by atoms with van der Waals surface area (Å²) in [7, 11) is 4.02. The minimum Gasteiger partial charge on any atom is -0.366 e. The first-order chi connectivity index (χ1) is 6.57. The normalized spacial score (nSPS) is 11.8. The molecule has 0 unspecified atom stereocenters. The predicted molar refractivity (Wildman–Crippen MR) is 59.9 cm³/mol. The topological polar surface area (TPSA) is 46.3 Å². The lowest BCUT2D eigenvalue weighted by molar-refractivity contribution is -0.114. The van der Waals surface area contributed by atoms with E-state index in [1.165, 1.54) is 0 Å². The molecule has 3 nitrogen and oxygen atoms in total. The van der Waals surface area contributed by atoms with Gasteiger partial charge in [-0.05, 0) is 39.9 Å². The SMILES string of the molecule is C=CCC=C(CCCN(C)C)C(N)=O. The van der Waals surface area contributed by atoms with Crippen LogP contribution >= 0.6 is 0 Å². The number of hydrogen-bond acceptors (Lipinski definition) is 2. The molecule has 0 aliphatic carbocycles. The minimum absolute atomic E-state index is 0.314. The summed E-state index contributed by atoms with van der Waals surface area (Å²) in [5.74, 6) is -0.314. The van der Waals surface area contributed by atoms with Crippen LogP contribution in [0.4, 0.5) is 0 Å². The van der Waals surface area contributed by atoms with Crippen molar-refractivity contribution in [2.45, 2.75) is 19.3 Å². The Bertz CT molecular complexity index is 219. The lowest BCUT2D eigenvalue weighted by atomic mass is 10.1. The van der Waals surface area contributed by atoms with Crippen molar-refractivity contribution in [2.24, 2.45) is 5.73 Å². The molecule has 14 heavy (non-hydrogen) atoms. The fourth-order valence-corrected chi connectivity index (χ4v) is 1.14. The van der Waals surface area contributed by atoms with E-state index in [2.05, 4.69) is 11.5 Å². The van der Waals surface area contributed by atoms with Crippen molar-refractivity contribution in [1.29, 1.82) is 0 Å². The van der Waals surface area contributed by atoms with E-state index in [4.69, 9.17) is 5.73 Å². The van der Waals surface area contributed by atoms with Crippen molar-refractivity contribution in [2.75, 3.05) is 20.6 Å². The average molecular weight is 196 g/mol. The Labute approximate surface area is 86.3 Å². The number of nitrogens with zero attached hydrogens (tertiary/aromatic N) is 1. The molecular weight excluding hydrogens is 176 g/mol. The van der Waals surface area contributed by atoms with Crippen LogP contribution in [0.1, 0.15) is 19.3 Å². The molecule has 0 rings (SSSR count). The van der Waals surface area contributed by atoms with Crippen molar-refractivity contribution in [3.8, 4) is 0 Å². The molecule has 2 N–H and O–H groups in total. The molecule has 0 heterocycles. The largest absolute Gasteiger partial charge is 0.366 e. The second kappa shape index (κ2) is 7.33. The lowest BCUT2D eigenvalue weighted by Crippen LogP contribution is -2.17. The second-order valence-corrected chi connectivity index (χ2v) is 3.52. The van der Waals surface area contributed by atoms with Crippen LogP contribution in [-0.2, 0) is 4.79 Å². The highest BCUT2D eigenvalue weighted by Gasteiger charge is 2.03. The monoisotopic (exact) mass is 196 g/mol. The van der Waals surface area contributed by atoms with Crippen molar-refractivity contribution in [3.63, 3.8) is 0 Å². The van der Waals surface area contributed by atoms with Crippen LogP contribution in [0.5, 0.6) is 0 Å². The average Bonchev–Trinajstić information content (AvgIpc) is 2.09. The lowest BCUT2D eigenvalue weighted by Gasteiger charge is -2.09. The molecule has 0 aliphatic rings. The molecule has 0 spiro atoms. The van der Waals surface area contributed by atoms with Gasteiger partial charge < -0.3 is 10.6 Å². The van der Waals surface area contributed by atoms with Crippen LogP contribution in [0.3, 0.4) is 0 Å². The zero-order chi connectivity index (χ0) is 11.0. The van der Waals surface area contributed by atoms with Gasteiger partial charge in [0.2, 0.25) is 5.91 Å². The van der Waals surface area contributed by atoms with E-state index in [1.807, 2.05) is 20.2 Å². The molecule has 0 saturated carbocycles. The smallest absolute Gasteiger partial charge is 0.244 e. The first kappa shape index (κ1) is 12.9. The van der Waals surface area contributed by atoms with Gasteiger partial charge in [-0.15, -0.1) is 6.58 Å². The Morgan fingerprint density at radius 1 is 1.50 bits per heavy atom. The molecule has 0 fully saturated rings. The summed E-state index contributed by atoms with van der Waals surface area (Å²) in [4.78, 5) is 13.1. The van der Waals surface area contributed by atoms with Gasteiger partial charge in [-0.3, -0.25) is 4.79 Å². The number of amides is 1. The number of primary amides is 1. The fourth-order valence-electron chi connectivity index (χ4n) is 1.14. The summed E-state index contributed by atoms with van der Waals surface area (Å²) in [6, 6.07) is 0. The molecule has 0 aromatic carbocycles. The standard InChI is InChI=1S/C11H20N2O/c1-4-5-7-10(11(12)14)8-6-9-13(2)3/h4,7H,1,5-6,8-9H2,2-3H3,(H2,12,14). The number of rotatable bonds is 7. The Kier molecular flexibility index (Phi) is 6.76. The maximum Gasteiger partial charge on any atom is 0.244 e. The third-order valence-corrected chi connectivity index (χ3v) is 1.90. The van der Waals surface area contributed by atoms with Crippen LogP contribution in [0.25, 0.3) is 0 Å².